The molecular formula is C37H26. The molecule has 37 heavy (non-hydrogen) atoms. The Labute approximate surface area is 216 Å². The zero-order chi connectivity index (χ0) is 24.7. The fourth-order valence-corrected chi connectivity index (χ4v) is 6.75. The molecule has 0 saturated carbocycles. The van der Waals surface area contributed by atoms with Gasteiger partial charge in [-0.25, -0.2) is 0 Å². The summed E-state index contributed by atoms with van der Waals surface area (Å²) in [5, 5.41) is 10.5. The van der Waals surface area contributed by atoms with Gasteiger partial charge in [-0.15, -0.1) is 0 Å². The number of fused-ring (bicyclic) bond motifs is 6. The Bertz CT molecular complexity index is 2050. The topological polar surface area (TPSA) is 0 Å². The molecule has 0 aliphatic heterocycles. The first-order chi connectivity index (χ1) is 18.1. The summed E-state index contributed by atoms with van der Waals surface area (Å²) < 4.78 is 0. The zero-order valence-corrected chi connectivity index (χ0v) is 21.0. The van der Waals surface area contributed by atoms with Crippen molar-refractivity contribution < 1.29 is 0 Å². The van der Waals surface area contributed by atoms with Gasteiger partial charge in [0, 0.05) is 5.41 Å². The standard InChI is InChI=1S/C37H26/c1-37(2)33-19-18-28(22-32(33)30-14-6-10-23-12-7-15-34(37)36(23)30)29-13-5-11-24-16-17-27-20-25-8-3-4-9-26(25)21-31(27)35(24)29/h3-22H,1-2H3. The summed E-state index contributed by atoms with van der Waals surface area (Å²) in [6, 6.07) is 45.3. The van der Waals surface area contributed by atoms with Gasteiger partial charge in [-0.05, 0) is 94.7 Å². The van der Waals surface area contributed by atoms with Crippen LogP contribution in [0.5, 0.6) is 0 Å². The van der Waals surface area contributed by atoms with Gasteiger partial charge >= 0.3 is 0 Å². The van der Waals surface area contributed by atoms with Crippen LogP contribution in [0.25, 0.3) is 65.3 Å². The van der Waals surface area contributed by atoms with Crippen LogP contribution in [0.15, 0.2) is 121 Å². The average Bonchev–Trinajstić information content (AvgIpc) is 2.94. The maximum atomic E-state index is 2.44. The summed E-state index contributed by atoms with van der Waals surface area (Å²) in [6.45, 7) is 4.74. The highest BCUT2D eigenvalue weighted by Gasteiger charge is 2.33. The van der Waals surface area contributed by atoms with Crippen molar-refractivity contribution in [1.29, 1.82) is 0 Å². The first-order valence-corrected chi connectivity index (χ1v) is 13.1. The highest BCUT2D eigenvalue weighted by molar-refractivity contribution is 6.17. The van der Waals surface area contributed by atoms with Gasteiger partial charge in [-0.2, -0.15) is 0 Å². The largest absolute Gasteiger partial charge is 0.0616 e. The minimum atomic E-state index is -0.0495. The van der Waals surface area contributed by atoms with Crippen molar-refractivity contribution in [3.8, 4) is 22.3 Å². The summed E-state index contributed by atoms with van der Waals surface area (Å²) in [7, 11) is 0. The highest BCUT2D eigenvalue weighted by Crippen LogP contribution is 2.49. The lowest BCUT2D eigenvalue weighted by Gasteiger charge is -2.35. The normalized spacial score (nSPS) is 13.9. The van der Waals surface area contributed by atoms with Gasteiger partial charge in [0.1, 0.15) is 0 Å². The molecule has 7 aromatic rings. The van der Waals surface area contributed by atoms with Gasteiger partial charge in [0.2, 0.25) is 0 Å². The third kappa shape index (κ3) is 2.84. The molecule has 0 bridgehead atoms. The second kappa shape index (κ2) is 7.31. The molecule has 0 radical (unpaired) electrons. The molecule has 0 nitrogen and oxygen atoms in total. The number of hydrogen-bond donors (Lipinski definition) is 0. The number of rotatable bonds is 1. The fraction of sp³-hybridized carbons (Fsp3) is 0.0811. The maximum Gasteiger partial charge on any atom is 0.0159 e. The van der Waals surface area contributed by atoms with E-state index in [1.165, 1.54) is 76.5 Å². The SMILES string of the molecule is CC1(C)c2ccc(-c3cccc4ccc5cc6ccccc6cc5c34)cc2-c2cccc3cccc1c23. The van der Waals surface area contributed by atoms with Crippen molar-refractivity contribution in [2.75, 3.05) is 0 Å². The molecular weight excluding hydrogens is 444 g/mol. The fourth-order valence-electron chi connectivity index (χ4n) is 6.75. The molecule has 0 saturated heterocycles. The Morgan fingerprint density at radius 2 is 1.05 bits per heavy atom. The molecule has 0 fully saturated rings. The summed E-state index contributed by atoms with van der Waals surface area (Å²) in [6.07, 6.45) is 0. The van der Waals surface area contributed by atoms with E-state index in [1.54, 1.807) is 0 Å². The average molecular weight is 471 g/mol. The minimum Gasteiger partial charge on any atom is -0.0616 e. The summed E-state index contributed by atoms with van der Waals surface area (Å²) in [5.74, 6) is 0. The molecule has 1 aliphatic rings. The van der Waals surface area contributed by atoms with E-state index in [1.807, 2.05) is 0 Å². The summed E-state index contributed by atoms with van der Waals surface area (Å²) >= 11 is 0. The van der Waals surface area contributed by atoms with Crippen molar-refractivity contribution in [2.45, 2.75) is 19.3 Å². The van der Waals surface area contributed by atoms with Gasteiger partial charge in [0.05, 0.1) is 0 Å². The van der Waals surface area contributed by atoms with E-state index >= 15 is 0 Å². The van der Waals surface area contributed by atoms with Crippen LogP contribution in [0.4, 0.5) is 0 Å². The van der Waals surface area contributed by atoms with E-state index < -0.39 is 0 Å². The molecule has 0 heterocycles. The monoisotopic (exact) mass is 470 g/mol. The lowest BCUT2D eigenvalue weighted by molar-refractivity contribution is 0.645. The van der Waals surface area contributed by atoms with Crippen LogP contribution >= 0.6 is 0 Å². The quantitative estimate of drug-likeness (QED) is 0.165. The number of hydrogen-bond acceptors (Lipinski definition) is 0. The third-order valence-corrected chi connectivity index (χ3v) is 8.60. The van der Waals surface area contributed by atoms with E-state index in [2.05, 4.69) is 135 Å². The molecule has 0 amide bonds. The van der Waals surface area contributed by atoms with Crippen LogP contribution in [0.2, 0.25) is 0 Å². The predicted molar refractivity (Wildman–Crippen MR) is 159 cm³/mol. The van der Waals surface area contributed by atoms with Gasteiger partial charge in [-0.1, -0.05) is 117 Å². The molecule has 0 aromatic heterocycles. The third-order valence-electron chi connectivity index (χ3n) is 8.60. The maximum absolute atomic E-state index is 2.44. The highest BCUT2D eigenvalue weighted by atomic mass is 14.4. The van der Waals surface area contributed by atoms with Gasteiger partial charge in [0.25, 0.3) is 0 Å². The van der Waals surface area contributed by atoms with Gasteiger partial charge in [0.15, 0.2) is 0 Å². The first kappa shape index (κ1) is 20.7. The van der Waals surface area contributed by atoms with Crippen LogP contribution < -0.4 is 0 Å². The van der Waals surface area contributed by atoms with E-state index in [-0.39, 0.29) is 5.41 Å². The molecule has 174 valence electrons. The van der Waals surface area contributed by atoms with E-state index in [0.717, 1.165) is 0 Å². The Hall–Kier alpha value is -4.42. The zero-order valence-electron chi connectivity index (χ0n) is 21.0. The summed E-state index contributed by atoms with van der Waals surface area (Å²) in [4.78, 5) is 0. The van der Waals surface area contributed by atoms with E-state index in [9.17, 15) is 0 Å². The smallest absolute Gasteiger partial charge is 0.0159 e. The van der Waals surface area contributed by atoms with Crippen LogP contribution in [0.3, 0.4) is 0 Å². The second-order valence-electron chi connectivity index (χ2n) is 11.0. The van der Waals surface area contributed by atoms with Crippen molar-refractivity contribution >= 4 is 43.1 Å². The Balaban J connectivity index is 1.45. The van der Waals surface area contributed by atoms with Gasteiger partial charge < -0.3 is 0 Å². The lowest BCUT2D eigenvalue weighted by Crippen LogP contribution is -2.23. The van der Waals surface area contributed by atoms with Crippen molar-refractivity contribution in [3.05, 3.63) is 132 Å². The molecule has 8 rings (SSSR count). The van der Waals surface area contributed by atoms with E-state index in [0.29, 0.717) is 0 Å². The second-order valence-corrected chi connectivity index (χ2v) is 11.0. The van der Waals surface area contributed by atoms with Crippen LogP contribution in [-0.2, 0) is 5.41 Å². The van der Waals surface area contributed by atoms with Crippen molar-refractivity contribution in [1.82, 2.24) is 0 Å². The molecule has 0 unspecified atom stereocenters. The summed E-state index contributed by atoms with van der Waals surface area (Å²) in [5.41, 5.74) is 8.05. The van der Waals surface area contributed by atoms with Crippen LogP contribution in [0.1, 0.15) is 25.0 Å². The van der Waals surface area contributed by atoms with Gasteiger partial charge in [-0.3, -0.25) is 0 Å². The van der Waals surface area contributed by atoms with Crippen molar-refractivity contribution in [2.24, 2.45) is 0 Å². The Morgan fingerprint density at radius 1 is 0.405 bits per heavy atom. The molecule has 7 aromatic carbocycles. The van der Waals surface area contributed by atoms with Crippen LogP contribution in [-0.4, -0.2) is 0 Å². The van der Waals surface area contributed by atoms with Crippen molar-refractivity contribution in [3.63, 3.8) is 0 Å². The van der Waals surface area contributed by atoms with Crippen LogP contribution in [0, 0.1) is 0 Å². The first-order valence-electron chi connectivity index (χ1n) is 13.1. The molecule has 1 aliphatic carbocycles. The molecule has 0 atom stereocenters. The molecule has 0 N–H and O–H groups in total. The Kier molecular flexibility index (Phi) is 4.10. The van der Waals surface area contributed by atoms with E-state index in [4.69, 9.17) is 0 Å². The minimum absolute atomic E-state index is 0.0495. The Morgan fingerprint density at radius 3 is 1.86 bits per heavy atom. The predicted octanol–water partition coefficient (Wildman–Crippen LogP) is 10.3. The molecule has 0 heteroatoms. The lowest BCUT2D eigenvalue weighted by atomic mass is 9.68. The number of benzene rings is 7. The molecule has 0 spiro atoms.